The molecular formula is C20H10Cl3N3O4. The van der Waals surface area contributed by atoms with Gasteiger partial charge in [0.2, 0.25) is 0 Å². The molecule has 0 fully saturated rings. The summed E-state index contributed by atoms with van der Waals surface area (Å²) in [6.07, 6.45) is 1.25. The summed E-state index contributed by atoms with van der Waals surface area (Å²) in [4.78, 5) is 22.7. The number of furan rings is 1. The predicted octanol–water partition coefficient (Wildman–Crippen LogP) is 6.36. The largest absolute Gasteiger partial charge is 0.457 e. The van der Waals surface area contributed by atoms with Gasteiger partial charge in [0.15, 0.2) is 0 Å². The number of nitriles is 1. The second-order valence-electron chi connectivity index (χ2n) is 5.88. The lowest BCUT2D eigenvalue weighted by Crippen LogP contribution is -2.14. The van der Waals surface area contributed by atoms with Crippen molar-refractivity contribution in [3.8, 4) is 17.4 Å². The van der Waals surface area contributed by atoms with Crippen LogP contribution in [0.15, 0.2) is 58.5 Å². The van der Waals surface area contributed by atoms with Gasteiger partial charge < -0.3 is 9.73 Å². The zero-order valence-corrected chi connectivity index (χ0v) is 17.1. The number of rotatable bonds is 5. The van der Waals surface area contributed by atoms with Crippen LogP contribution in [0.2, 0.25) is 15.1 Å². The fraction of sp³-hybridized carbons (Fsp3) is 0. The summed E-state index contributed by atoms with van der Waals surface area (Å²) in [6.45, 7) is 0. The average molecular weight is 463 g/mol. The third-order valence-electron chi connectivity index (χ3n) is 3.86. The van der Waals surface area contributed by atoms with E-state index in [1.54, 1.807) is 42.5 Å². The van der Waals surface area contributed by atoms with Gasteiger partial charge in [-0.1, -0.05) is 46.9 Å². The molecule has 0 atom stereocenters. The quantitative estimate of drug-likeness (QED) is 0.205. The molecule has 1 N–H and O–H groups in total. The van der Waals surface area contributed by atoms with E-state index in [0.29, 0.717) is 10.8 Å². The highest BCUT2D eigenvalue weighted by atomic mass is 35.5. The van der Waals surface area contributed by atoms with Crippen molar-refractivity contribution in [2.75, 3.05) is 5.32 Å². The van der Waals surface area contributed by atoms with E-state index in [1.165, 1.54) is 6.08 Å². The van der Waals surface area contributed by atoms with Crippen molar-refractivity contribution in [3.63, 3.8) is 0 Å². The molecular weight excluding hydrogens is 453 g/mol. The maximum Gasteiger partial charge on any atom is 0.272 e. The van der Waals surface area contributed by atoms with Crippen LogP contribution in [0, 0.1) is 21.4 Å². The average Bonchev–Trinajstić information content (AvgIpc) is 3.17. The Kier molecular flexibility index (Phi) is 6.43. The van der Waals surface area contributed by atoms with Crippen LogP contribution in [-0.2, 0) is 4.79 Å². The van der Waals surface area contributed by atoms with Gasteiger partial charge in [0.1, 0.15) is 23.2 Å². The molecule has 0 aliphatic heterocycles. The molecule has 0 bridgehead atoms. The van der Waals surface area contributed by atoms with Crippen LogP contribution in [0.4, 0.5) is 11.4 Å². The maximum atomic E-state index is 12.5. The van der Waals surface area contributed by atoms with E-state index in [-0.39, 0.29) is 32.8 Å². The molecule has 1 aromatic heterocycles. The Hall–Kier alpha value is -3.31. The molecule has 0 radical (unpaired) electrons. The lowest BCUT2D eigenvalue weighted by molar-refractivity contribution is -0.384. The molecule has 3 rings (SSSR count). The summed E-state index contributed by atoms with van der Waals surface area (Å²) in [5.74, 6) is -0.0451. The molecule has 0 saturated carbocycles. The van der Waals surface area contributed by atoms with E-state index >= 15 is 0 Å². The normalized spacial score (nSPS) is 11.1. The number of carbonyl (C=O) groups excluding carboxylic acids is 1. The van der Waals surface area contributed by atoms with Gasteiger partial charge >= 0.3 is 0 Å². The third-order valence-corrected chi connectivity index (χ3v) is 4.70. The number of nitrogens with zero attached hydrogens (tertiary/aromatic N) is 2. The topological polar surface area (TPSA) is 109 Å². The molecule has 0 aliphatic rings. The summed E-state index contributed by atoms with van der Waals surface area (Å²) in [7, 11) is 0. The summed E-state index contributed by atoms with van der Waals surface area (Å²) in [5.41, 5.74) is 0.0688. The van der Waals surface area contributed by atoms with Crippen LogP contribution in [0.5, 0.6) is 0 Å². The first-order valence-corrected chi connectivity index (χ1v) is 9.34. The van der Waals surface area contributed by atoms with Crippen molar-refractivity contribution in [2.45, 2.75) is 0 Å². The molecule has 10 heteroatoms. The van der Waals surface area contributed by atoms with Crippen LogP contribution >= 0.6 is 34.8 Å². The highest BCUT2D eigenvalue weighted by Crippen LogP contribution is 2.35. The lowest BCUT2D eigenvalue weighted by Gasteiger charge is -2.08. The van der Waals surface area contributed by atoms with E-state index in [9.17, 15) is 20.2 Å². The van der Waals surface area contributed by atoms with Crippen LogP contribution < -0.4 is 5.32 Å². The second kappa shape index (κ2) is 9.01. The maximum absolute atomic E-state index is 12.5. The van der Waals surface area contributed by atoms with E-state index in [4.69, 9.17) is 39.2 Å². The van der Waals surface area contributed by atoms with Crippen molar-refractivity contribution >= 4 is 58.2 Å². The molecule has 0 unspecified atom stereocenters. The zero-order valence-electron chi connectivity index (χ0n) is 14.9. The Morgan fingerprint density at radius 2 is 1.83 bits per heavy atom. The van der Waals surface area contributed by atoms with Gasteiger partial charge in [-0.2, -0.15) is 5.26 Å². The van der Waals surface area contributed by atoms with Crippen LogP contribution in [0.25, 0.3) is 17.4 Å². The molecule has 7 nitrogen and oxygen atoms in total. The van der Waals surface area contributed by atoms with Crippen molar-refractivity contribution in [3.05, 3.63) is 85.0 Å². The van der Waals surface area contributed by atoms with Crippen molar-refractivity contribution in [2.24, 2.45) is 0 Å². The number of carbonyl (C=O) groups is 1. The molecule has 30 heavy (non-hydrogen) atoms. The van der Waals surface area contributed by atoms with Gasteiger partial charge in [-0.05, 0) is 24.3 Å². The standard InChI is InChI=1S/C20H10Cl3N3O4/c21-13-3-1-2-11(6-13)18-5-4-15(30-18)7-12(10-24)20(27)25-19-16(22)8-14(26(28)29)9-17(19)23/h1-9H,(H,25,27)/b12-7+. The molecule has 2 aromatic carbocycles. The number of non-ortho nitro benzene ring substituents is 1. The van der Waals surface area contributed by atoms with E-state index in [2.05, 4.69) is 5.32 Å². The smallest absolute Gasteiger partial charge is 0.272 e. The minimum absolute atomic E-state index is 0.0471. The molecule has 0 aliphatic carbocycles. The Bertz CT molecular complexity index is 1210. The number of nitro benzene ring substituents is 1. The van der Waals surface area contributed by atoms with Gasteiger partial charge in [0, 0.05) is 28.8 Å². The van der Waals surface area contributed by atoms with Crippen molar-refractivity contribution in [1.29, 1.82) is 5.26 Å². The Labute approximate surface area is 185 Å². The second-order valence-corrected chi connectivity index (χ2v) is 7.13. The fourth-order valence-electron chi connectivity index (χ4n) is 2.48. The first-order valence-electron chi connectivity index (χ1n) is 8.21. The van der Waals surface area contributed by atoms with Crippen molar-refractivity contribution < 1.29 is 14.1 Å². The Morgan fingerprint density at radius 3 is 2.43 bits per heavy atom. The number of hydrogen-bond donors (Lipinski definition) is 1. The van der Waals surface area contributed by atoms with Gasteiger partial charge in [-0.3, -0.25) is 14.9 Å². The van der Waals surface area contributed by atoms with Crippen LogP contribution in [-0.4, -0.2) is 10.8 Å². The number of amides is 1. The number of halogens is 3. The van der Waals surface area contributed by atoms with E-state index in [1.807, 2.05) is 0 Å². The summed E-state index contributed by atoms with van der Waals surface area (Å²) in [5, 5.41) is 22.9. The molecule has 150 valence electrons. The van der Waals surface area contributed by atoms with Gasteiger partial charge in [0.05, 0.1) is 20.7 Å². The monoisotopic (exact) mass is 461 g/mol. The lowest BCUT2D eigenvalue weighted by atomic mass is 10.2. The third kappa shape index (κ3) is 4.81. The zero-order chi connectivity index (χ0) is 21.8. The minimum atomic E-state index is -0.809. The molecule has 3 aromatic rings. The highest BCUT2D eigenvalue weighted by Gasteiger charge is 2.19. The Balaban J connectivity index is 1.85. The number of nitro groups is 1. The summed E-state index contributed by atoms with van der Waals surface area (Å²) < 4.78 is 5.65. The molecule has 0 spiro atoms. The number of anilines is 1. The molecule has 0 saturated heterocycles. The van der Waals surface area contributed by atoms with Gasteiger partial charge in [0.25, 0.3) is 11.6 Å². The summed E-state index contributed by atoms with van der Waals surface area (Å²) >= 11 is 17.9. The highest BCUT2D eigenvalue weighted by molar-refractivity contribution is 6.40. The first kappa shape index (κ1) is 21.4. The van der Waals surface area contributed by atoms with E-state index < -0.39 is 10.8 Å². The molecule has 1 amide bonds. The van der Waals surface area contributed by atoms with E-state index in [0.717, 1.165) is 17.7 Å². The van der Waals surface area contributed by atoms with Crippen molar-refractivity contribution in [1.82, 2.24) is 0 Å². The van der Waals surface area contributed by atoms with Gasteiger partial charge in [-0.15, -0.1) is 0 Å². The SMILES string of the molecule is N#C/C(=C\c1ccc(-c2cccc(Cl)c2)o1)C(=O)Nc1c(Cl)cc([N+](=O)[O-])cc1Cl. The number of nitrogens with one attached hydrogen (secondary N) is 1. The van der Waals surface area contributed by atoms with Gasteiger partial charge in [-0.25, -0.2) is 0 Å². The summed E-state index contributed by atoms with van der Waals surface area (Å²) in [6, 6.07) is 14.1. The minimum Gasteiger partial charge on any atom is -0.457 e. The first-order chi connectivity index (χ1) is 14.3. The fourth-order valence-corrected chi connectivity index (χ4v) is 3.24. The predicted molar refractivity (Wildman–Crippen MR) is 114 cm³/mol. The number of benzene rings is 2. The number of hydrogen-bond acceptors (Lipinski definition) is 5. The molecule has 1 heterocycles. The van der Waals surface area contributed by atoms with Crippen LogP contribution in [0.1, 0.15) is 5.76 Å². The van der Waals surface area contributed by atoms with Crippen LogP contribution in [0.3, 0.4) is 0 Å². The Morgan fingerprint density at radius 1 is 1.13 bits per heavy atom.